The van der Waals surface area contributed by atoms with Crippen LogP contribution in [0.4, 0.5) is 0 Å². The Morgan fingerprint density at radius 1 is 1.53 bits per heavy atom. The largest absolute Gasteiger partial charge is 0.396 e. The van der Waals surface area contributed by atoms with Crippen molar-refractivity contribution >= 4 is 0 Å². The molecule has 15 heavy (non-hydrogen) atoms. The summed E-state index contributed by atoms with van der Waals surface area (Å²) in [5, 5.41) is 12.8. The highest BCUT2D eigenvalue weighted by Crippen LogP contribution is 2.25. The van der Waals surface area contributed by atoms with Gasteiger partial charge in [-0.05, 0) is 19.3 Å². The molecule has 0 bridgehead atoms. The van der Waals surface area contributed by atoms with Crippen LogP contribution < -0.4 is 0 Å². The maximum atomic E-state index is 8.70. The molecule has 1 unspecified atom stereocenters. The van der Waals surface area contributed by atoms with E-state index in [-0.39, 0.29) is 6.61 Å². The van der Waals surface area contributed by atoms with Crippen LogP contribution in [0.2, 0.25) is 0 Å². The highest BCUT2D eigenvalue weighted by atomic mass is 16.5. The Hall–Kier alpha value is -0.870. The maximum absolute atomic E-state index is 8.70. The summed E-state index contributed by atoms with van der Waals surface area (Å²) in [6, 6.07) is 2.00. The van der Waals surface area contributed by atoms with Crippen molar-refractivity contribution in [1.82, 2.24) is 5.16 Å². The molecule has 1 aliphatic rings. The summed E-state index contributed by atoms with van der Waals surface area (Å²) in [4.78, 5) is 0. The number of aliphatic hydroxyl groups is 1. The van der Waals surface area contributed by atoms with Gasteiger partial charge in [0.05, 0.1) is 12.3 Å². The third kappa shape index (κ3) is 2.79. The fraction of sp³-hybridized carbons (Fsp3) is 0.727. The van der Waals surface area contributed by atoms with E-state index in [4.69, 9.17) is 14.4 Å². The minimum atomic E-state index is 0.197. The fourth-order valence-corrected chi connectivity index (χ4v) is 1.87. The van der Waals surface area contributed by atoms with Crippen molar-refractivity contribution in [2.45, 2.75) is 31.6 Å². The van der Waals surface area contributed by atoms with Gasteiger partial charge in [0.25, 0.3) is 0 Å². The molecule has 84 valence electrons. The molecule has 1 aliphatic heterocycles. The quantitative estimate of drug-likeness (QED) is 0.819. The monoisotopic (exact) mass is 211 g/mol. The number of rotatable bonds is 4. The predicted octanol–water partition coefficient (Wildman–Crippen LogP) is 1.49. The molecular formula is C11H17NO3. The molecule has 0 saturated carbocycles. The van der Waals surface area contributed by atoms with E-state index < -0.39 is 0 Å². The molecule has 1 saturated heterocycles. The SMILES string of the molecule is OCCCc1cc(C2CCCOC2)no1. The van der Waals surface area contributed by atoms with Crippen molar-refractivity contribution in [1.29, 1.82) is 0 Å². The van der Waals surface area contributed by atoms with Gasteiger partial charge in [-0.1, -0.05) is 5.16 Å². The molecule has 1 aromatic rings. The predicted molar refractivity (Wildman–Crippen MR) is 54.7 cm³/mol. The van der Waals surface area contributed by atoms with Gasteiger partial charge in [0.1, 0.15) is 5.76 Å². The van der Waals surface area contributed by atoms with E-state index in [0.29, 0.717) is 5.92 Å². The molecule has 1 N–H and O–H groups in total. The van der Waals surface area contributed by atoms with Crippen LogP contribution in [0.3, 0.4) is 0 Å². The molecule has 0 amide bonds. The number of aromatic nitrogens is 1. The van der Waals surface area contributed by atoms with Crippen molar-refractivity contribution in [3.8, 4) is 0 Å². The fourth-order valence-electron chi connectivity index (χ4n) is 1.87. The molecule has 0 radical (unpaired) electrons. The normalized spacial score (nSPS) is 21.8. The Morgan fingerprint density at radius 3 is 3.20 bits per heavy atom. The topological polar surface area (TPSA) is 55.5 Å². The molecule has 2 rings (SSSR count). The van der Waals surface area contributed by atoms with E-state index in [1.165, 1.54) is 0 Å². The molecule has 4 heteroatoms. The van der Waals surface area contributed by atoms with Gasteiger partial charge in [0.15, 0.2) is 0 Å². The summed E-state index contributed by atoms with van der Waals surface area (Å²) in [7, 11) is 0. The molecule has 1 fully saturated rings. The second-order valence-corrected chi connectivity index (χ2v) is 3.96. The van der Waals surface area contributed by atoms with Gasteiger partial charge in [0.2, 0.25) is 0 Å². The highest BCUT2D eigenvalue weighted by molar-refractivity contribution is 5.11. The molecule has 1 aromatic heterocycles. The number of aliphatic hydroxyl groups excluding tert-OH is 1. The summed E-state index contributed by atoms with van der Waals surface area (Å²) in [5.41, 5.74) is 1.00. The number of aryl methyl sites for hydroxylation is 1. The van der Waals surface area contributed by atoms with E-state index in [0.717, 1.165) is 50.4 Å². The van der Waals surface area contributed by atoms with Gasteiger partial charge in [-0.3, -0.25) is 0 Å². The van der Waals surface area contributed by atoms with Gasteiger partial charge in [-0.2, -0.15) is 0 Å². The highest BCUT2D eigenvalue weighted by Gasteiger charge is 2.19. The van der Waals surface area contributed by atoms with Crippen LogP contribution in [0.15, 0.2) is 10.6 Å². The Labute approximate surface area is 89.2 Å². The summed E-state index contributed by atoms with van der Waals surface area (Å²) in [5.74, 6) is 1.26. The molecular weight excluding hydrogens is 194 g/mol. The van der Waals surface area contributed by atoms with Crippen molar-refractivity contribution in [3.05, 3.63) is 17.5 Å². The minimum Gasteiger partial charge on any atom is -0.396 e. The van der Waals surface area contributed by atoms with E-state index in [2.05, 4.69) is 5.16 Å². The van der Waals surface area contributed by atoms with E-state index >= 15 is 0 Å². The average molecular weight is 211 g/mol. The molecule has 0 aliphatic carbocycles. The van der Waals surface area contributed by atoms with Crippen molar-refractivity contribution < 1.29 is 14.4 Å². The maximum Gasteiger partial charge on any atom is 0.137 e. The van der Waals surface area contributed by atoms with Crippen LogP contribution in [0, 0.1) is 0 Å². The van der Waals surface area contributed by atoms with Crippen LogP contribution >= 0.6 is 0 Å². The number of ether oxygens (including phenoxy) is 1. The first-order chi connectivity index (χ1) is 7.40. The summed E-state index contributed by atoms with van der Waals surface area (Å²) in [6.07, 6.45) is 3.72. The first-order valence-electron chi connectivity index (χ1n) is 5.54. The van der Waals surface area contributed by atoms with Gasteiger partial charge in [-0.15, -0.1) is 0 Å². The van der Waals surface area contributed by atoms with Crippen molar-refractivity contribution in [3.63, 3.8) is 0 Å². The smallest absolute Gasteiger partial charge is 0.137 e. The van der Waals surface area contributed by atoms with E-state index in [1.807, 2.05) is 6.07 Å². The number of hydrogen-bond acceptors (Lipinski definition) is 4. The first-order valence-corrected chi connectivity index (χ1v) is 5.54. The molecule has 0 spiro atoms. The first kappa shape index (κ1) is 10.6. The van der Waals surface area contributed by atoms with Crippen molar-refractivity contribution in [2.24, 2.45) is 0 Å². The van der Waals surface area contributed by atoms with Crippen LogP contribution in [-0.4, -0.2) is 30.1 Å². The van der Waals surface area contributed by atoms with Crippen LogP contribution in [0.1, 0.15) is 36.6 Å². The number of nitrogens with zero attached hydrogens (tertiary/aromatic N) is 1. The van der Waals surface area contributed by atoms with Crippen LogP contribution in [0.5, 0.6) is 0 Å². The van der Waals surface area contributed by atoms with Gasteiger partial charge in [-0.25, -0.2) is 0 Å². The van der Waals surface area contributed by atoms with E-state index in [9.17, 15) is 0 Å². The van der Waals surface area contributed by atoms with E-state index in [1.54, 1.807) is 0 Å². The zero-order valence-electron chi connectivity index (χ0n) is 8.82. The van der Waals surface area contributed by atoms with Gasteiger partial charge >= 0.3 is 0 Å². The Morgan fingerprint density at radius 2 is 2.47 bits per heavy atom. The second kappa shape index (κ2) is 5.28. The third-order valence-electron chi connectivity index (χ3n) is 2.74. The molecule has 0 aromatic carbocycles. The lowest BCUT2D eigenvalue weighted by Crippen LogP contribution is -2.15. The second-order valence-electron chi connectivity index (χ2n) is 3.96. The lowest BCUT2D eigenvalue weighted by atomic mass is 9.98. The summed E-state index contributed by atoms with van der Waals surface area (Å²) >= 11 is 0. The van der Waals surface area contributed by atoms with Gasteiger partial charge in [0, 0.05) is 31.6 Å². The van der Waals surface area contributed by atoms with Crippen LogP contribution in [-0.2, 0) is 11.2 Å². The zero-order chi connectivity index (χ0) is 10.5. The Kier molecular flexibility index (Phi) is 3.75. The average Bonchev–Trinajstić information content (AvgIpc) is 2.76. The Bertz CT molecular complexity index is 292. The van der Waals surface area contributed by atoms with Crippen LogP contribution in [0.25, 0.3) is 0 Å². The lowest BCUT2D eigenvalue weighted by Gasteiger charge is -2.19. The molecule has 1 atom stereocenters. The molecule has 4 nitrogen and oxygen atoms in total. The standard InChI is InChI=1S/C11H17NO3/c13-5-1-4-10-7-11(12-15-10)9-3-2-6-14-8-9/h7,9,13H,1-6,8H2. The van der Waals surface area contributed by atoms with Crippen molar-refractivity contribution in [2.75, 3.05) is 19.8 Å². The van der Waals surface area contributed by atoms with Gasteiger partial charge < -0.3 is 14.4 Å². The zero-order valence-corrected chi connectivity index (χ0v) is 8.82. The molecule has 2 heterocycles. The summed E-state index contributed by atoms with van der Waals surface area (Å²) < 4.78 is 10.6. The lowest BCUT2D eigenvalue weighted by molar-refractivity contribution is 0.0783. The number of hydrogen-bond donors (Lipinski definition) is 1. The minimum absolute atomic E-state index is 0.197. The third-order valence-corrected chi connectivity index (χ3v) is 2.74. The summed E-state index contributed by atoms with van der Waals surface area (Å²) in [6.45, 7) is 1.82. The Balaban J connectivity index is 1.93.